The van der Waals surface area contributed by atoms with Gasteiger partial charge in [0.1, 0.15) is 19.3 Å². The van der Waals surface area contributed by atoms with Crippen molar-refractivity contribution in [3.8, 4) is 23.3 Å². The van der Waals surface area contributed by atoms with Gasteiger partial charge in [0.2, 0.25) is 10.0 Å². The normalized spacial score (nSPS) is 21.4. The van der Waals surface area contributed by atoms with Crippen LogP contribution in [-0.4, -0.2) is 50.9 Å². The molecule has 10 heteroatoms. The number of nitrogens with one attached hydrogen (secondary N) is 1. The molecule has 1 aliphatic carbocycles. The van der Waals surface area contributed by atoms with Gasteiger partial charge in [-0.15, -0.1) is 0 Å². The van der Waals surface area contributed by atoms with Crippen LogP contribution in [0.1, 0.15) is 25.7 Å². The number of methoxy groups -OCH3 is 1. The van der Waals surface area contributed by atoms with Crippen LogP contribution in [0.3, 0.4) is 0 Å². The summed E-state index contributed by atoms with van der Waals surface area (Å²) in [5, 5.41) is 0. The topological polar surface area (TPSA) is 109 Å². The average molecular weight is 421 g/mol. The van der Waals surface area contributed by atoms with Crippen molar-refractivity contribution >= 4 is 10.0 Å². The van der Waals surface area contributed by atoms with E-state index in [0.29, 0.717) is 62.2 Å². The Bertz CT molecular complexity index is 960. The summed E-state index contributed by atoms with van der Waals surface area (Å²) in [6.45, 7) is 0.869. The van der Waals surface area contributed by atoms with Crippen LogP contribution in [0.25, 0.3) is 0 Å². The number of hydrogen-bond donors (Lipinski definition) is 1. The fourth-order valence-electron chi connectivity index (χ4n) is 3.47. The summed E-state index contributed by atoms with van der Waals surface area (Å²) in [5.74, 6) is 1.71. The minimum Gasteiger partial charge on any atom is -0.486 e. The first-order chi connectivity index (χ1) is 14.0. The largest absolute Gasteiger partial charge is 0.486 e. The molecule has 1 aromatic heterocycles. The Morgan fingerprint density at radius 1 is 1.00 bits per heavy atom. The lowest BCUT2D eigenvalue weighted by atomic mass is 9.94. The number of sulfonamides is 1. The maximum Gasteiger partial charge on any atom is 0.278 e. The zero-order chi connectivity index (χ0) is 20.3. The van der Waals surface area contributed by atoms with Crippen molar-refractivity contribution in [2.24, 2.45) is 0 Å². The third-order valence-electron chi connectivity index (χ3n) is 4.92. The van der Waals surface area contributed by atoms with Gasteiger partial charge in [0, 0.05) is 24.5 Å². The van der Waals surface area contributed by atoms with E-state index in [2.05, 4.69) is 14.7 Å². The molecule has 1 aromatic carbocycles. The van der Waals surface area contributed by atoms with E-state index in [-0.39, 0.29) is 17.0 Å². The molecule has 156 valence electrons. The van der Waals surface area contributed by atoms with Crippen LogP contribution < -0.4 is 23.7 Å². The lowest BCUT2D eigenvalue weighted by molar-refractivity contribution is 0.132. The fourth-order valence-corrected chi connectivity index (χ4v) is 4.79. The summed E-state index contributed by atoms with van der Waals surface area (Å²) in [7, 11) is -2.13. The quantitative estimate of drug-likeness (QED) is 0.754. The Balaban J connectivity index is 1.35. The molecule has 1 N–H and O–H groups in total. The summed E-state index contributed by atoms with van der Waals surface area (Å²) in [6, 6.07) is 4.51. The van der Waals surface area contributed by atoms with E-state index in [0.717, 1.165) is 0 Å². The molecule has 0 unspecified atom stereocenters. The van der Waals surface area contributed by atoms with Crippen molar-refractivity contribution in [2.75, 3.05) is 20.3 Å². The van der Waals surface area contributed by atoms with Crippen molar-refractivity contribution < 1.29 is 27.4 Å². The van der Waals surface area contributed by atoms with Gasteiger partial charge in [-0.1, -0.05) is 0 Å². The summed E-state index contributed by atoms with van der Waals surface area (Å²) >= 11 is 0. The number of fused-ring (bicyclic) bond motifs is 1. The maximum atomic E-state index is 12.8. The molecule has 9 nitrogen and oxygen atoms in total. The molecule has 1 saturated carbocycles. The Morgan fingerprint density at radius 3 is 2.41 bits per heavy atom. The van der Waals surface area contributed by atoms with Gasteiger partial charge in [-0.3, -0.25) is 0 Å². The molecule has 2 aromatic rings. The second-order valence-electron chi connectivity index (χ2n) is 6.89. The predicted molar refractivity (Wildman–Crippen MR) is 103 cm³/mol. The number of nitrogens with zero attached hydrogens (tertiary/aromatic N) is 2. The zero-order valence-electron chi connectivity index (χ0n) is 16.0. The van der Waals surface area contributed by atoms with E-state index >= 15 is 0 Å². The summed E-state index contributed by atoms with van der Waals surface area (Å²) in [4.78, 5) is 8.39. The van der Waals surface area contributed by atoms with Gasteiger partial charge in [0.05, 0.1) is 12.0 Å². The highest BCUT2D eigenvalue weighted by Gasteiger charge is 2.28. The summed E-state index contributed by atoms with van der Waals surface area (Å²) in [6.07, 6.45) is 5.76. The Kier molecular flexibility index (Phi) is 5.72. The second-order valence-corrected chi connectivity index (χ2v) is 8.60. The van der Waals surface area contributed by atoms with Gasteiger partial charge in [-0.05, 0) is 37.8 Å². The third-order valence-corrected chi connectivity index (χ3v) is 6.44. The van der Waals surface area contributed by atoms with E-state index in [4.69, 9.17) is 18.9 Å². The van der Waals surface area contributed by atoms with Gasteiger partial charge in [0.25, 0.3) is 11.8 Å². The van der Waals surface area contributed by atoms with E-state index in [9.17, 15) is 8.42 Å². The van der Waals surface area contributed by atoms with Crippen molar-refractivity contribution in [2.45, 2.75) is 42.7 Å². The lowest BCUT2D eigenvalue weighted by Crippen LogP contribution is -2.39. The summed E-state index contributed by atoms with van der Waals surface area (Å²) < 4.78 is 50.3. The van der Waals surface area contributed by atoms with Crippen molar-refractivity contribution in [3.05, 3.63) is 30.6 Å². The molecule has 1 aliphatic heterocycles. The fraction of sp³-hybridized carbons (Fsp3) is 0.474. The molecule has 0 atom stereocenters. The first-order valence-electron chi connectivity index (χ1n) is 9.49. The van der Waals surface area contributed by atoms with Gasteiger partial charge < -0.3 is 18.9 Å². The predicted octanol–water partition coefficient (Wildman–Crippen LogP) is 1.92. The van der Waals surface area contributed by atoms with Gasteiger partial charge >= 0.3 is 0 Å². The highest BCUT2D eigenvalue weighted by atomic mass is 32.2. The SMILES string of the molecule is COc1nccnc1OC1CCC(NS(=O)(=O)c2ccc3c(c2)OCCO3)CC1. The molecule has 0 bridgehead atoms. The first-order valence-corrected chi connectivity index (χ1v) is 11.0. The highest BCUT2D eigenvalue weighted by Crippen LogP contribution is 2.33. The Hall–Kier alpha value is -2.59. The average Bonchev–Trinajstić information content (AvgIpc) is 2.75. The molecule has 4 rings (SSSR count). The molecule has 0 amide bonds. The van der Waals surface area contributed by atoms with Crippen LogP contribution in [0.5, 0.6) is 23.3 Å². The molecule has 1 fully saturated rings. The monoisotopic (exact) mass is 421 g/mol. The van der Waals surface area contributed by atoms with Gasteiger partial charge in [-0.25, -0.2) is 23.1 Å². The third kappa shape index (κ3) is 4.54. The number of benzene rings is 1. The number of hydrogen-bond acceptors (Lipinski definition) is 8. The van der Waals surface area contributed by atoms with Crippen molar-refractivity contribution in [1.29, 1.82) is 0 Å². The van der Waals surface area contributed by atoms with Gasteiger partial charge in [-0.2, -0.15) is 0 Å². The standard InChI is InChI=1S/C19H23N3O6S/c1-25-18-19(21-9-8-20-18)28-14-4-2-13(3-5-14)22-29(23,24)15-6-7-16-17(12-15)27-11-10-26-16/h6-9,12-14,22H,2-5,10-11H2,1H3. The van der Waals surface area contributed by atoms with Crippen LogP contribution >= 0.6 is 0 Å². The second kappa shape index (κ2) is 8.42. The van der Waals surface area contributed by atoms with Crippen molar-refractivity contribution in [3.63, 3.8) is 0 Å². The highest BCUT2D eigenvalue weighted by molar-refractivity contribution is 7.89. The minimum atomic E-state index is -3.65. The Labute approximate surface area is 169 Å². The van der Waals surface area contributed by atoms with Crippen LogP contribution in [0, 0.1) is 0 Å². The van der Waals surface area contributed by atoms with Gasteiger partial charge in [0.15, 0.2) is 11.5 Å². The maximum absolute atomic E-state index is 12.8. The molecule has 0 spiro atoms. The van der Waals surface area contributed by atoms with E-state index < -0.39 is 10.0 Å². The molecule has 2 aliphatic rings. The number of ether oxygens (including phenoxy) is 4. The molecule has 0 radical (unpaired) electrons. The number of aromatic nitrogens is 2. The van der Waals surface area contributed by atoms with Crippen LogP contribution in [0.2, 0.25) is 0 Å². The zero-order valence-corrected chi connectivity index (χ0v) is 16.9. The molecular weight excluding hydrogens is 398 g/mol. The minimum absolute atomic E-state index is 0.0596. The van der Waals surface area contributed by atoms with Crippen molar-refractivity contribution in [1.82, 2.24) is 14.7 Å². The van der Waals surface area contributed by atoms with Crippen LogP contribution in [0.4, 0.5) is 0 Å². The first kappa shape index (κ1) is 19.7. The smallest absolute Gasteiger partial charge is 0.278 e. The Morgan fingerprint density at radius 2 is 1.69 bits per heavy atom. The molecule has 2 heterocycles. The molecular formula is C19H23N3O6S. The van der Waals surface area contributed by atoms with E-state index in [1.165, 1.54) is 25.4 Å². The molecule has 0 saturated heterocycles. The molecule has 29 heavy (non-hydrogen) atoms. The van der Waals surface area contributed by atoms with E-state index in [1.807, 2.05) is 0 Å². The number of rotatable bonds is 6. The van der Waals surface area contributed by atoms with Crippen LogP contribution in [-0.2, 0) is 10.0 Å². The lowest BCUT2D eigenvalue weighted by Gasteiger charge is -2.29. The van der Waals surface area contributed by atoms with Crippen LogP contribution in [0.15, 0.2) is 35.5 Å². The van der Waals surface area contributed by atoms with E-state index in [1.54, 1.807) is 12.3 Å². The summed E-state index contributed by atoms with van der Waals surface area (Å²) in [5.41, 5.74) is 0.